The minimum absolute atomic E-state index is 0.199. The molecule has 0 saturated carbocycles. The number of hydrogen-bond acceptors (Lipinski definition) is 4. The maximum absolute atomic E-state index is 13.5. The molecule has 0 saturated heterocycles. The lowest BCUT2D eigenvalue weighted by Gasteiger charge is -2.34. The largest absolute Gasteiger partial charge is 0.480 e. The van der Waals surface area contributed by atoms with Gasteiger partial charge < -0.3 is 5.11 Å². The zero-order chi connectivity index (χ0) is 15.5. The highest BCUT2D eigenvalue weighted by Crippen LogP contribution is 2.22. The predicted octanol–water partition coefficient (Wildman–Crippen LogP) is 2.42. The van der Waals surface area contributed by atoms with Crippen LogP contribution in [0, 0.1) is 15.9 Å². The molecule has 0 spiro atoms. The molecule has 7 heteroatoms. The van der Waals surface area contributed by atoms with Crippen molar-refractivity contribution < 1.29 is 19.2 Å². The van der Waals surface area contributed by atoms with Gasteiger partial charge in [0.25, 0.3) is 0 Å². The third kappa shape index (κ3) is 3.30. The molecule has 0 atom stereocenters. The van der Waals surface area contributed by atoms with Gasteiger partial charge in [-0.25, -0.2) is 0 Å². The predicted molar refractivity (Wildman–Crippen MR) is 70.9 cm³/mol. The summed E-state index contributed by atoms with van der Waals surface area (Å²) in [6.45, 7) is 5.57. The van der Waals surface area contributed by atoms with E-state index in [-0.39, 0.29) is 6.54 Å². The van der Waals surface area contributed by atoms with Gasteiger partial charge in [-0.2, -0.15) is 4.39 Å². The van der Waals surface area contributed by atoms with Gasteiger partial charge >= 0.3 is 11.7 Å². The molecule has 0 aliphatic rings. The molecule has 1 aromatic rings. The van der Waals surface area contributed by atoms with Gasteiger partial charge in [-0.1, -0.05) is 13.0 Å². The Kier molecular flexibility index (Phi) is 4.78. The number of carboxylic acid groups (broad SMARTS) is 1. The highest BCUT2D eigenvalue weighted by atomic mass is 19.1. The van der Waals surface area contributed by atoms with Crippen LogP contribution in [0.4, 0.5) is 10.1 Å². The molecule has 110 valence electrons. The van der Waals surface area contributed by atoms with Crippen molar-refractivity contribution >= 4 is 11.7 Å². The van der Waals surface area contributed by atoms with Crippen LogP contribution < -0.4 is 0 Å². The molecular weight excluding hydrogens is 267 g/mol. The van der Waals surface area contributed by atoms with Crippen molar-refractivity contribution in [1.29, 1.82) is 0 Å². The van der Waals surface area contributed by atoms with E-state index in [0.29, 0.717) is 12.1 Å². The Morgan fingerprint density at radius 2 is 2.10 bits per heavy atom. The fraction of sp³-hybridized carbons (Fsp3) is 0.462. The van der Waals surface area contributed by atoms with Crippen LogP contribution in [-0.4, -0.2) is 33.0 Å². The first-order valence-electron chi connectivity index (χ1n) is 6.11. The third-order valence-corrected chi connectivity index (χ3v) is 3.28. The number of nitro groups is 1. The van der Waals surface area contributed by atoms with Gasteiger partial charge in [0.05, 0.1) is 4.92 Å². The van der Waals surface area contributed by atoms with Crippen molar-refractivity contribution in [3.8, 4) is 0 Å². The summed E-state index contributed by atoms with van der Waals surface area (Å²) in [5, 5.41) is 19.7. The van der Waals surface area contributed by atoms with E-state index in [0.717, 1.165) is 12.1 Å². The fourth-order valence-electron chi connectivity index (χ4n) is 1.86. The maximum atomic E-state index is 13.5. The first kappa shape index (κ1) is 16.0. The minimum Gasteiger partial charge on any atom is -0.480 e. The molecule has 0 bridgehead atoms. The second-order valence-electron chi connectivity index (χ2n) is 4.92. The Morgan fingerprint density at radius 1 is 1.50 bits per heavy atom. The van der Waals surface area contributed by atoms with Crippen LogP contribution in [0.25, 0.3) is 0 Å². The lowest BCUT2D eigenvalue weighted by atomic mass is 10.0. The molecule has 0 heterocycles. The number of hydrogen-bond donors (Lipinski definition) is 1. The van der Waals surface area contributed by atoms with Crippen LogP contribution in [0.15, 0.2) is 18.2 Å². The lowest BCUT2D eigenvalue weighted by Crippen LogP contribution is -2.49. The van der Waals surface area contributed by atoms with Crippen LogP contribution in [0.3, 0.4) is 0 Å². The normalized spacial score (nSPS) is 11.7. The molecule has 0 amide bonds. The molecule has 6 nitrogen and oxygen atoms in total. The summed E-state index contributed by atoms with van der Waals surface area (Å²) in [6.07, 6.45) is 0. The van der Waals surface area contributed by atoms with E-state index in [4.69, 9.17) is 0 Å². The number of likely N-dealkylation sites (N-methyl/N-ethyl adjacent to an activating group) is 1. The van der Waals surface area contributed by atoms with Gasteiger partial charge in [-0.3, -0.25) is 19.8 Å². The molecular formula is C13H17FN2O4. The Bertz CT molecular complexity index is 531. The summed E-state index contributed by atoms with van der Waals surface area (Å²) in [4.78, 5) is 22.6. The van der Waals surface area contributed by atoms with Gasteiger partial charge in [0.15, 0.2) is 0 Å². The van der Waals surface area contributed by atoms with Crippen molar-refractivity contribution in [2.24, 2.45) is 0 Å². The van der Waals surface area contributed by atoms with Crippen molar-refractivity contribution in [2.45, 2.75) is 32.9 Å². The van der Waals surface area contributed by atoms with Gasteiger partial charge in [0, 0.05) is 12.6 Å². The summed E-state index contributed by atoms with van der Waals surface area (Å²) in [7, 11) is 0. The molecule has 0 unspecified atom stereocenters. The second kappa shape index (κ2) is 5.96. The molecule has 1 N–H and O–H groups in total. The number of benzene rings is 1. The average Bonchev–Trinajstić information content (AvgIpc) is 2.35. The highest BCUT2D eigenvalue weighted by Gasteiger charge is 2.33. The van der Waals surface area contributed by atoms with Crippen molar-refractivity contribution in [3.05, 3.63) is 39.7 Å². The third-order valence-electron chi connectivity index (χ3n) is 3.28. The second-order valence-corrected chi connectivity index (χ2v) is 4.92. The molecule has 1 aromatic carbocycles. The van der Waals surface area contributed by atoms with Crippen molar-refractivity contribution in [2.75, 3.05) is 6.54 Å². The number of halogens is 1. The Balaban J connectivity index is 3.00. The Morgan fingerprint density at radius 3 is 2.50 bits per heavy atom. The molecule has 1 rings (SSSR count). The van der Waals surface area contributed by atoms with Crippen molar-refractivity contribution in [3.63, 3.8) is 0 Å². The maximum Gasteiger partial charge on any atom is 0.323 e. The summed E-state index contributed by atoms with van der Waals surface area (Å²) in [5.74, 6) is -1.90. The summed E-state index contributed by atoms with van der Waals surface area (Å²) in [5.41, 5.74) is -1.20. The SMILES string of the molecule is CCN(Cc1ccc([N+](=O)[O-])c(F)c1)C(C)(C)C(=O)O. The quantitative estimate of drug-likeness (QED) is 0.640. The summed E-state index contributed by atoms with van der Waals surface area (Å²) >= 11 is 0. The number of nitro benzene ring substituents is 1. The topological polar surface area (TPSA) is 83.7 Å². The number of carbonyl (C=O) groups is 1. The van der Waals surface area contributed by atoms with E-state index in [1.165, 1.54) is 6.07 Å². The zero-order valence-electron chi connectivity index (χ0n) is 11.6. The number of rotatable bonds is 6. The molecule has 20 heavy (non-hydrogen) atoms. The van der Waals surface area contributed by atoms with E-state index >= 15 is 0 Å². The van der Waals surface area contributed by atoms with E-state index in [2.05, 4.69) is 0 Å². The van der Waals surface area contributed by atoms with Crippen LogP contribution in [0.5, 0.6) is 0 Å². The monoisotopic (exact) mass is 284 g/mol. The van der Waals surface area contributed by atoms with E-state index in [1.54, 1.807) is 25.7 Å². The van der Waals surface area contributed by atoms with Crippen LogP contribution in [0.2, 0.25) is 0 Å². The molecule has 0 aliphatic heterocycles. The van der Waals surface area contributed by atoms with Gasteiger partial charge in [-0.05, 0) is 32.0 Å². The minimum atomic E-state index is -1.10. The summed E-state index contributed by atoms with van der Waals surface area (Å²) < 4.78 is 13.5. The van der Waals surface area contributed by atoms with E-state index < -0.39 is 27.9 Å². The van der Waals surface area contributed by atoms with Crippen LogP contribution in [0.1, 0.15) is 26.3 Å². The molecule has 0 aliphatic carbocycles. The molecule has 0 fully saturated rings. The Labute approximate surface area is 116 Å². The summed E-state index contributed by atoms with van der Waals surface area (Å²) in [6, 6.07) is 3.59. The lowest BCUT2D eigenvalue weighted by molar-refractivity contribution is -0.387. The van der Waals surface area contributed by atoms with Gasteiger partial charge in [0.2, 0.25) is 5.82 Å². The highest BCUT2D eigenvalue weighted by molar-refractivity contribution is 5.77. The number of aliphatic carboxylic acids is 1. The number of nitrogens with zero attached hydrogens (tertiary/aromatic N) is 2. The van der Waals surface area contributed by atoms with Gasteiger partial charge in [-0.15, -0.1) is 0 Å². The molecule has 0 aromatic heterocycles. The zero-order valence-corrected chi connectivity index (χ0v) is 11.6. The first-order valence-corrected chi connectivity index (χ1v) is 6.11. The standard InChI is InChI=1S/C13H17FN2O4/c1-4-15(13(2,3)12(17)18)8-9-5-6-11(16(19)20)10(14)7-9/h5-7H,4,8H2,1-3H3,(H,17,18). The molecule has 0 radical (unpaired) electrons. The van der Waals surface area contributed by atoms with Crippen LogP contribution >= 0.6 is 0 Å². The van der Waals surface area contributed by atoms with E-state index in [1.807, 2.05) is 0 Å². The smallest absolute Gasteiger partial charge is 0.323 e. The first-order chi connectivity index (χ1) is 9.20. The van der Waals surface area contributed by atoms with Gasteiger partial charge in [0.1, 0.15) is 5.54 Å². The van der Waals surface area contributed by atoms with Crippen molar-refractivity contribution in [1.82, 2.24) is 4.90 Å². The number of carboxylic acids is 1. The fourth-order valence-corrected chi connectivity index (χ4v) is 1.86. The van der Waals surface area contributed by atoms with Crippen LogP contribution in [-0.2, 0) is 11.3 Å². The Hall–Kier alpha value is -2.02. The average molecular weight is 284 g/mol. The van der Waals surface area contributed by atoms with E-state index in [9.17, 15) is 24.4 Å².